The third kappa shape index (κ3) is 3.52. The first kappa shape index (κ1) is 15.3. The molecule has 0 radical (unpaired) electrons. The number of ether oxygens (including phenoxy) is 1. The second-order valence-corrected chi connectivity index (χ2v) is 5.73. The van der Waals surface area contributed by atoms with Gasteiger partial charge < -0.3 is 15.8 Å². The molecule has 0 atom stereocenters. The fraction of sp³-hybridized carbons (Fsp3) is 0.333. The number of carbonyl (C=O) groups excluding carboxylic acids is 1. The van der Waals surface area contributed by atoms with Crippen molar-refractivity contribution in [2.75, 3.05) is 17.7 Å². The minimum absolute atomic E-state index is 0.323. The van der Waals surface area contributed by atoms with Gasteiger partial charge in [0.15, 0.2) is 5.13 Å². The standard InChI is InChI=1S/C15H19N3O2S/c1-4-12-9(3)21-15(17-12)18-13-7-6-10(16)8-11(13)14(19)20-5-2/h6-8H,4-5,16H2,1-3H3,(H,17,18). The number of thiazole rings is 1. The quantitative estimate of drug-likeness (QED) is 0.653. The maximum Gasteiger partial charge on any atom is 0.340 e. The SMILES string of the molecule is CCOC(=O)c1cc(N)ccc1Nc1nc(CC)c(C)s1. The van der Waals surface area contributed by atoms with Gasteiger partial charge in [-0.15, -0.1) is 11.3 Å². The Morgan fingerprint density at radius 3 is 2.81 bits per heavy atom. The van der Waals surface area contributed by atoms with Crippen molar-refractivity contribution in [3.05, 3.63) is 34.3 Å². The van der Waals surface area contributed by atoms with E-state index in [0.29, 0.717) is 23.5 Å². The molecule has 0 saturated heterocycles. The van der Waals surface area contributed by atoms with E-state index < -0.39 is 5.97 Å². The lowest BCUT2D eigenvalue weighted by Crippen LogP contribution is -2.08. The highest BCUT2D eigenvalue weighted by Crippen LogP contribution is 2.28. The molecule has 1 aromatic heterocycles. The van der Waals surface area contributed by atoms with Gasteiger partial charge in [-0.1, -0.05) is 6.92 Å². The highest BCUT2D eigenvalue weighted by molar-refractivity contribution is 7.15. The van der Waals surface area contributed by atoms with E-state index in [0.717, 1.165) is 17.2 Å². The molecule has 3 N–H and O–H groups in total. The molecule has 0 aliphatic heterocycles. The summed E-state index contributed by atoms with van der Waals surface area (Å²) in [6.07, 6.45) is 0.885. The molecule has 0 bridgehead atoms. The van der Waals surface area contributed by atoms with Crippen LogP contribution < -0.4 is 11.1 Å². The van der Waals surface area contributed by atoms with Crippen LogP contribution in [0.2, 0.25) is 0 Å². The third-order valence-electron chi connectivity index (χ3n) is 3.01. The topological polar surface area (TPSA) is 77.2 Å². The molecule has 0 fully saturated rings. The molecule has 112 valence electrons. The van der Waals surface area contributed by atoms with Crippen LogP contribution in [0.25, 0.3) is 0 Å². The van der Waals surface area contributed by atoms with E-state index in [1.807, 2.05) is 6.92 Å². The van der Waals surface area contributed by atoms with Crippen LogP contribution in [0.3, 0.4) is 0 Å². The molecule has 6 heteroatoms. The van der Waals surface area contributed by atoms with Crippen LogP contribution in [0.1, 0.15) is 34.8 Å². The highest BCUT2D eigenvalue weighted by atomic mass is 32.1. The van der Waals surface area contributed by atoms with Gasteiger partial charge in [-0.2, -0.15) is 0 Å². The van der Waals surface area contributed by atoms with Gasteiger partial charge in [-0.25, -0.2) is 9.78 Å². The molecular weight excluding hydrogens is 286 g/mol. The molecule has 0 unspecified atom stereocenters. The molecule has 0 amide bonds. The maximum absolute atomic E-state index is 12.0. The van der Waals surface area contributed by atoms with E-state index >= 15 is 0 Å². The molecule has 21 heavy (non-hydrogen) atoms. The van der Waals surface area contributed by atoms with Gasteiger partial charge in [0, 0.05) is 10.6 Å². The summed E-state index contributed by atoms with van der Waals surface area (Å²) in [6.45, 7) is 6.20. The van der Waals surface area contributed by atoms with E-state index in [1.165, 1.54) is 4.88 Å². The van der Waals surface area contributed by atoms with Crippen LogP contribution in [0.15, 0.2) is 18.2 Å². The number of aryl methyl sites for hydroxylation is 2. The number of nitrogens with one attached hydrogen (secondary N) is 1. The predicted octanol–water partition coefficient (Wildman–Crippen LogP) is 3.52. The Bertz CT molecular complexity index is 652. The number of carbonyl (C=O) groups is 1. The number of anilines is 3. The lowest BCUT2D eigenvalue weighted by atomic mass is 10.1. The van der Waals surface area contributed by atoms with Gasteiger partial charge in [0.1, 0.15) is 0 Å². The Hall–Kier alpha value is -2.08. The Labute approximate surface area is 128 Å². The lowest BCUT2D eigenvalue weighted by Gasteiger charge is -2.10. The third-order valence-corrected chi connectivity index (χ3v) is 3.94. The fourth-order valence-electron chi connectivity index (χ4n) is 1.97. The summed E-state index contributed by atoms with van der Waals surface area (Å²) in [5, 5.41) is 3.95. The highest BCUT2D eigenvalue weighted by Gasteiger charge is 2.15. The smallest absolute Gasteiger partial charge is 0.340 e. The van der Waals surface area contributed by atoms with E-state index in [2.05, 4.69) is 17.2 Å². The number of benzene rings is 1. The Kier molecular flexibility index (Phi) is 4.80. The summed E-state index contributed by atoms with van der Waals surface area (Å²) in [5.41, 5.74) is 8.41. The monoisotopic (exact) mass is 305 g/mol. The zero-order chi connectivity index (χ0) is 15.4. The molecule has 0 saturated carbocycles. The maximum atomic E-state index is 12.0. The summed E-state index contributed by atoms with van der Waals surface area (Å²) < 4.78 is 5.06. The first-order valence-corrected chi connectivity index (χ1v) is 7.66. The fourth-order valence-corrected chi connectivity index (χ4v) is 2.89. The number of rotatable bonds is 5. The van der Waals surface area contributed by atoms with Crippen LogP contribution in [0, 0.1) is 6.92 Å². The van der Waals surface area contributed by atoms with Crippen molar-refractivity contribution in [3.8, 4) is 0 Å². The summed E-state index contributed by atoms with van der Waals surface area (Å²) >= 11 is 1.57. The van der Waals surface area contributed by atoms with Crippen molar-refractivity contribution in [2.24, 2.45) is 0 Å². The van der Waals surface area contributed by atoms with E-state index in [-0.39, 0.29) is 0 Å². The number of hydrogen-bond acceptors (Lipinski definition) is 6. The number of nitrogens with zero attached hydrogens (tertiary/aromatic N) is 1. The van der Waals surface area contributed by atoms with Crippen LogP contribution in [-0.4, -0.2) is 17.6 Å². The summed E-state index contributed by atoms with van der Waals surface area (Å²) in [7, 11) is 0. The first-order chi connectivity index (χ1) is 10.0. The lowest BCUT2D eigenvalue weighted by molar-refractivity contribution is 0.0527. The van der Waals surface area contributed by atoms with Gasteiger partial charge >= 0.3 is 5.97 Å². The second-order valence-electron chi connectivity index (χ2n) is 4.53. The van der Waals surface area contributed by atoms with Crippen molar-refractivity contribution in [1.82, 2.24) is 4.98 Å². The van der Waals surface area contributed by atoms with Crippen molar-refractivity contribution in [2.45, 2.75) is 27.2 Å². The zero-order valence-corrected chi connectivity index (χ0v) is 13.2. The van der Waals surface area contributed by atoms with Crippen molar-refractivity contribution in [3.63, 3.8) is 0 Å². The van der Waals surface area contributed by atoms with Gasteiger partial charge in [0.05, 0.1) is 23.6 Å². The average Bonchev–Trinajstić information content (AvgIpc) is 2.81. The molecule has 0 spiro atoms. The first-order valence-electron chi connectivity index (χ1n) is 6.85. The molecular formula is C15H19N3O2S. The van der Waals surface area contributed by atoms with Gasteiger partial charge in [-0.3, -0.25) is 0 Å². The van der Waals surface area contributed by atoms with Crippen LogP contribution >= 0.6 is 11.3 Å². The Morgan fingerprint density at radius 2 is 2.19 bits per heavy atom. The Balaban J connectivity index is 2.32. The number of nitrogen functional groups attached to an aromatic ring is 1. The van der Waals surface area contributed by atoms with Crippen molar-refractivity contribution >= 4 is 33.8 Å². The summed E-state index contributed by atoms with van der Waals surface area (Å²) in [4.78, 5) is 17.7. The molecule has 1 aromatic carbocycles. The number of nitrogens with two attached hydrogens (primary N) is 1. The van der Waals surface area contributed by atoms with Crippen LogP contribution in [0.5, 0.6) is 0 Å². The van der Waals surface area contributed by atoms with Crippen LogP contribution in [-0.2, 0) is 11.2 Å². The molecule has 0 aliphatic rings. The summed E-state index contributed by atoms with van der Waals surface area (Å²) in [5.74, 6) is -0.392. The van der Waals surface area contributed by atoms with Crippen LogP contribution in [0.4, 0.5) is 16.5 Å². The van der Waals surface area contributed by atoms with E-state index in [4.69, 9.17) is 10.5 Å². The number of esters is 1. The zero-order valence-electron chi connectivity index (χ0n) is 12.4. The van der Waals surface area contributed by atoms with Gasteiger partial charge in [-0.05, 0) is 38.5 Å². The largest absolute Gasteiger partial charge is 0.462 e. The molecule has 2 rings (SSSR count). The second kappa shape index (κ2) is 6.58. The van der Waals surface area contributed by atoms with E-state index in [1.54, 1.807) is 36.5 Å². The van der Waals surface area contributed by atoms with Crippen molar-refractivity contribution in [1.29, 1.82) is 0 Å². The summed E-state index contributed by atoms with van der Waals surface area (Å²) in [6, 6.07) is 5.12. The van der Waals surface area contributed by atoms with Gasteiger partial charge in [0.2, 0.25) is 0 Å². The normalized spacial score (nSPS) is 10.4. The molecule has 1 heterocycles. The minimum atomic E-state index is -0.392. The average molecular weight is 305 g/mol. The van der Waals surface area contributed by atoms with Crippen molar-refractivity contribution < 1.29 is 9.53 Å². The molecule has 5 nitrogen and oxygen atoms in total. The predicted molar refractivity (Wildman–Crippen MR) is 86.3 cm³/mol. The Morgan fingerprint density at radius 1 is 1.43 bits per heavy atom. The minimum Gasteiger partial charge on any atom is -0.462 e. The van der Waals surface area contributed by atoms with Gasteiger partial charge in [0.25, 0.3) is 0 Å². The molecule has 0 aliphatic carbocycles. The van der Waals surface area contributed by atoms with E-state index in [9.17, 15) is 4.79 Å². The number of aromatic nitrogens is 1. The number of hydrogen-bond donors (Lipinski definition) is 2. The molecule has 2 aromatic rings.